The highest BCUT2D eigenvalue weighted by Crippen LogP contribution is 2.31. The van der Waals surface area contributed by atoms with Gasteiger partial charge in [0.25, 0.3) is 0 Å². The molecule has 3 heterocycles. The third kappa shape index (κ3) is 3.31. The molecule has 0 N–H and O–H groups in total. The van der Waals surface area contributed by atoms with Gasteiger partial charge in [-0.05, 0) is 35.4 Å². The predicted octanol–water partition coefficient (Wildman–Crippen LogP) is 2.90. The number of ether oxygens (including phenoxy) is 1. The molecule has 1 aliphatic rings. The van der Waals surface area contributed by atoms with E-state index in [1.54, 1.807) is 17.8 Å². The first-order chi connectivity index (χ1) is 12.8. The van der Waals surface area contributed by atoms with Crippen LogP contribution in [0.4, 0.5) is 0 Å². The fourth-order valence-corrected chi connectivity index (χ4v) is 4.20. The van der Waals surface area contributed by atoms with E-state index in [1.807, 2.05) is 27.5 Å². The van der Waals surface area contributed by atoms with Crippen LogP contribution in [0.2, 0.25) is 0 Å². The normalized spacial score (nSPS) is 15.4. The van der Waals surface area contributed by atoms with E-state index in [4.69, 9.17) is 4.74 Å². The summed E-state index contributed by atoms with van der Waals surface area (Å²) in [5.41, 5.74) is 1.92. The zero-order valence-electron chi connectivity index (χ0n) is 14.5. The molecule has 9 heteroatoms. The topological polar surface area (TPSA) is 87.2 Å². The van der Waals surface area contributed by atoms with Crippen LogP contribution in [0, 0.1) is 0 Å². The number of imidazole rings is 1. The fourth-order valence-electron chi connectivity index (χ4n) is 3.38. The van der Waals surface area contributed by atoms with Crippen LogP contribution in [-0.4, -0.2) is 42.7 Å². The highest BCUT2D eigenvalue weighted by Gasteiger charge is 2.21. The molecule has 8 nitrogen and oxygen atoms in total. The van der Waals surface area contributed by atoms with Crippen molar-refractivity contribution in [1.82, 2.24) is 29.6 Å². The summed E-state index contributed by atoms with van der Waals surface area (Å²) in [6.45, 7) is 0. The van der Waals surface area contributed by atoms with Crippen molar-refractivity contribution in [2.24, 2.45) is 0 Å². The van der Waals surface area contributed by atoms with Gasteiger partial charge in [-0.2, -0.15) is 0 Å². The van der Waals surface area contributed by atoms with Crippen LogP contribution < -0.4 is 0 Å². The largest absolute Gasteiger partial charge is 0.465 e. The molecule has 0 bridgehead atoms. The van der Waals surface area contributed by atoms with E-state index < -0.39 is 0 Å². The molecule has 0 saturated heterocycles. The summed E-state index contributed by atoms with van der Waals surface area (Å²) in [6.07, 6.45) is 9.82. The molecule has 1 saturated carbocycles. The molecule has 136 valence electrons. The minimum Gasteiger partial charge on any atom is -0.465 e. The third-order valence-corrected chi connectivity index (χ3v) is 5.64. The number of esters is 1. The maximum atomic E-state index is 11.9. The van der Waals surface area contributed by atoms with Gasteiger partial charge in [-0.25, -0.2) is 14.5 Å². The van der Waals surface area contributed by atoms with Crippen molar-refractivity contribution in [3.63, 3.8) is 0 Å². The van der Waals surface area contributed by atoms with Crippen LogP contribution in [0.5, 0.6) is 0 Å². The lowest BCUT2D eigenvalue weighted by molar-refractivity contribution is 0.0602. The van der Waals surface area contributed by atoms with Crippen LogP contribution in [0.1, 0.15) is 54.2 Å². The summed E-state index contributed by atoms with van der Waals surface area (Å²) in [7, 11) is 1.37. The quantitative estimate of drug-likeness (QED) is 0.503. The van der Waals surface area contributed by atoms with E-state index >= 15 is 0 Å². The van der Waals surface area contributed by atoms with Crippen molar-refractivity contribution in [3.8, 4) is 0 Å². The van der Waals surface area contributed by atoms with Crippen LogP contribution in [-0.2, 0) is 10.5 Å². The summed E-state index contributed by atoms with van der Waals surface area (Å²) in [5, 5.41) is 13.0. The predicted molar refractivity (Wildman–Crippen MR) is 96.0 cm³/mol. The molecule has 0 spiro atoms. The number of thioether (sulfide) groups is 1. The van der Waals surface area contributed by atoms with Crippen molar-refractivity contribution in [2.75, 3.05) is 7.11 Å². The molecule has 1 fully saturated rings. The highest BCUT2D eigenvalue weighted by atomic mass is 32.2. The van der Waals surface area contributed by atoms with Crippen LogP contribution >= 0.6 is 11.8 Å². The second-order valence-corrected chi connectivity index (χ2v) is 7.31. The Morgan fingerprint density at radius 3 is 3.00 bits per heavy atom. The first-order valence-electron chi connectivity index (χ1n) is 8.72. The van der Waals surface area contributed by atoms with E-state index in [9.17, 15) is 4.79 Å². The van der Waals surface area contributed by atoms with E-state index in [0.717, 1.165) is 23.7 Å². The lowest BCUT2D eigenvalue weighted by Gasteiger charge is -2.21. The van der Waals surface area contributed by atoms with Gasteiger partial charge in [0.05, 0.1) is 18.8 Å². The molecular weight excluding hydrogens is 352 g/mol. The second kappa shape index (κ2) is 7.45. The minimum absolute atomic E-state index is 0.387. The van der Waals surface area contributed by atoms with Crippen LogP contribution in [0.25, 0.3) is 5.65 Å². The van der Waals surface area contributed by atoms with Gasteiger partial charge in [-0.1, -0.05) is 31.0 Å². The summed E-state index contributed by atoms with van der Waals surface area (Å²) in [5.74, 6) is 0.247. The molecule has 3 aromatic rings. The van der Waals surface area contributed by atoms with Crippen LogP contribution in [0.15, 0.2) is 29.7 Å². The summed E-state index contributed by atoms with van der Waals surface area (Å²) in [6, 6.07) is 3.92. The summed E-state index contributed by atoms with van der Waals surface area (Å²) in [4.78, 5) is 16.5. The van der Waals surface area contributed by atoms with Crippen molar-refractivity contribution in [3.05, 3.63) is 35.8 Å². The smallest absolute Gasteiger partial charge is 0.341 e. The van der Waals surface area contributed by atoms with Crippen LogP contribution in [0.3, 0.4) is 0 Å². The second-order valence-electron chi connectivity index (χ2n) is 6.36. The molecule has 1 aliphatic carbocycles. The molecule has 0 radical (unpaired) electrons. The van der Waals surface area contributed by atoms with Gasteiger partial charge in [0, 0.05) is 18.1 Å². The lowest BCUT2D eigenvalue weighted by atomic mass is 9.96. The maximum absolute atomic E-state index is 11.9. The lowest BCUT2D eigenvalue weighted by Crippen LogP contribution is -2.15. The zero-order chi connectivity index (χ0) is 17.9. The number of aromatic nitrogens is 6. The Labute approximate surface area is 154 Å². The van der Waals surface area contributed by atoms with Crippen molar-refractivity contribution < 1.29 is 9.53 Å². The number of rotatable bonds is 5. The van der Waals surface area contributed by atoms with Crippen molar-refractivity contribution >= 4 is 23.4 Å². The molecule has 0 aliphatic heterocycles. The number of carbonyl (C=O) groups excluding carboxylic acids is 1. The SMILES string of the molecule is COC(=O)c1cccn2cc(CSc3nnnn3C3CCCCC3)nc12. The number of hydrogen-bond acceptors (Lipinski definition) is 7. The van der Waals surface area contributed by atoms with E-state index in [2.05, 4.69) is 20.5 Å². The average Bonchev–Trinajstić information content (AvgIpc) is 3.32. The van der Waals surface area contributed by atoms with Crippen molar-refractivity contribution in [2.45, 2.75) is 49.1 Å². The monoisotopic (exact) mass is 372 g/mol. The fraction of sp³-hybridized carbons (Fsp3) is 0.471. The first-order valence-corrected chi connectivity index (χ1v) is 9.70. The molecule has 0 amide bonds. The summed E-state index contributed by atoms with van der Waals surface area (Å²) < 4.78 is 8.63. The number of tetrazole rings is 1. The van der Waals surface area contributed by atoms with Gasteiger partial charge in [-0.3, -0.25) is 0 Å². The Morgan fingerprint density at radius 2 is 2.19 bits per heavy atom. The van der Waals surface area contributed by atoms with Gasteiger partial charge < -0.3 is 9.14 Å². The van der Waals surface area contributed by atoms with E-state index in [0.29, 0.717) is 23.0 Å². The number of carbonyl (C=O) groups is 1. The molecule has 26 heavy (non-hydrogen) atoms. The Hall–Kier alpha value is -2.42. The molecule has 0 aromatic carbocycles. The number of fused-ring (bicyclic) bond motifs is 1. The van der Waals surface area contributed by atoms with Gasteiger partial charge in [-0.15, -0.1) is 5.10 Å². The Kier molecular flexibility index (Phi) is 4.87. The number of nitrogens with zero attached hydrogens (tertiary/aromatic N) is 6. The van der Waals surface area contributed by atoms with E-state index in [-0.39, 0.29) is 5.97 Å². The van der Waals surface area contributed by atoms with Gasteiger partial charge in [0.1, 0.15) is 5.56 Å². The van der Waals surface area contributed by atoms with Gasteiger partial charge >= 0.3 is 5.97 Å². The van der Waals surface area contributed by atoms with E-state index in [1.165, 1.54) is 26.4 Å². The minimum atomic E-state index is -0.387. The Morgan fingerprint density at radius 1 is 1.35 bits per heavy atom. The Bertz CT molecular complexity index is 915. The summed E-state index contributed by atoms with van der Waals surface area (Å²) >= 11 is 1.57. The van der Waals surface area contributed by atoms with Crippen molar-refractivity contribution in [1.29, 1.82) is 0 Å². The maximum Gasteiger partial charge on any atom is 0.341 e. The zero-order valence-corrected chi connectivity index (χ0v) is 15.4. The average molecular weight is 372 g/mol. The molecule has 4 rings (SSSR count). The molecule has 0 atom stereocenters. The number of pyridine rings is 1. The Balaban J connectivity index is 1.52. The van der Waals surface area contributed by atoms with Gasteiger partial charge in [0.2, 0.25) is 5.16 Å². The van der Waals surface area contributed by atoms with Gasteiger partial charge in [0.15, 0.2) is 5.65 Å². The standard InChI is InChI=1S/C17H20N6O2S/c1-25-16(24)14-8-5-9-22-10-12(18-15(14)22)11-26-17-19-20-21-23(17)13-6-3-2-4-7-13/h5,8-10,13H,2-4,6-7,11H2,1H3. The number of hydrogen-bond donors (Lipinski definition) is 0. The molecular formula is C17H20N6O2S. The highest BCUT2D eigenvalue weighted by molar-refractivity contribution is 7.98. The number of methoxy groups -OCH3 is 1. The molecule has 3 aromatic heterocycles. The third-order valence-electron chi connectivity index (χ3n) is 4.67. The first kappa shape index (κ1) is 17.0. The molecule has 0 unspecified atom stereocenters.